The van der Waals surface area contributed by atoms with Gasteiger partial charge in [-0.3, -0.25) is 0 Å². The summed E-state index contributed by atoms with van der Waals surface area (Å²) in [6.45, 7) is 21.9. The van der Waals surface area contributed by atoms with Crippen LogP contribution in [0.1, 0.15) is 29.2 Å². The summed E-state index contributed by atoms with van der Waals surface area (Å²) < 4.78 is 0. The Bertz CT molecular complexity index is 737. The molecule has 0 bridgehead atoms. The van der Waals surface area contributed by atoms with Crippen molar-refractivity contribution >= 4 is 12.2 Å². The van der Waals surface area contributed by atoms with Crippen LogP contribution < -0.4 is 5.46 Å². The van der Waals surface area contributed by atoms with E-state index in [0.717, 1.165) is 11.0 Å². The second kappa shape index (κ2) is 6.62. The van der Waals surface area contributed by atoms with E-state index in [-0.39, 0.29) is 0 Å². The van der Waals surface area contributed by atoms with Crippen LogP contribution in [0.2, 0.25) is 6.82 Å². The second-order valence-electron chi connectivity index (χ2n) is 6.68. The molecule has 2 rings (SSSR count). The lowest BCUT2D eigenvalue weighted by Gasteiger charge is -2.24. The second-order valence-corrected chi connectivity index (χ2v) is 6.68. The maximum atomic E-state index is 4.25. The molecule has 0 aliphatic carbocycles. The van der Waals surface area contributed by atoms with E-state index in [1.54, 1.807) is 0 Å². The first-order valence-electron chi connectivity index (χ1n) is 8.27. The lowest BCUT2D eigenvalue weighted by Crippen LogP contribution is -2.35. The molecule has 0 N–H and O–H groups in total. The smallest absolute Gasteiger partial charge is 0.104 e. The molecule has 23 heavy (non-hydrogen) atoms. The van der Waals surface area contributed by atoms with Crippen LogP contribution in [0.3, 0.4) is 0 Å². The van der Waals surface area contributed by atoms with Crippen LogP contribution in [0.5, 0.6) is 0 Å². The Kier molecular flexibility index (Phi) is 4.99. The molecule has 1 heteroatoms. The Balaban J connectivity index is 2.71. The van der Waals surface area contributed by atoms with Crippen molar-refractivity contribution in [3.8, 4) is 11.1 Å². The molecule has 0 amide bonds. The van der Waals surface area contributed by atoms with E-state index >= 15 is 0 Å². The Morgan fingerprint density at radius 3 is 1.74 bits per heavy atom. The van der Waals surface area contributed by atoms with Crippen molar-refractivity contribution in [3.63, 3.8) is 0 Å². The van der Waals surface area contributed by atoms with Gasteiger partial charge in [0.05, 0.1) is 0 Å². The summed E-state index contributed by atoms with van der Waals surface area (Å²) in [6.07, 6.45) is 0. The maximum Gasteiger partial charge on any atom is 0.206 e. The monoisotopic (exact) mass is 302 g/mol. The topological polar surface area (TPSA) is 0 Å². The highest BCUT2D eigenvalue weighted by Gasteiger charge is 2.23. The fraction of sp³-hybridized carbons (Fsp3) is 0.273. The average Bonchev–Trinajstić information content (AvgIpc) is 2.53. The van der Waals surface area contributed by atoms with Crippen LogP contribution in [-0.2, 0) is 0 Å². The Morgan fingerprint density at radius 2 is 1.30 bits per heavy atom. The summed E-state index contributed by atoms with van der Waals surface area (Å²) >= 11 is 0. The molecule has 0 radical (unpaired) electrons. The van der Waals surface area contributed by atoms with Gasteiger partial charge in [-0.05, 0) is 56.9 Å². The molecule has 0 unspecified atom stereocenters. The van der Waals surface area contributed by atoms with Crippen LogP contribution in [-0.4, -0.2) is 6.71 Å². The van der Waals surface area contributed by atoms with E-state index in [1.807, 2.05) is 6.92 Å². The largest absolute Gasteiger partial charge is 0.206 e. The molecule has 0 aliphatic heterocycles. The summed E-state index contributed by atoms with van der Waals surface area (Å²) in [5.74, 6) is 0. The summed E-state index contributed by atoms with van der Waals surface area (Å²) in [6, 6.07) is 10.7. The van der Waals surface area contributed by atoms with Crippen LogP contribution in [0, 0.1) is 27.7 Å². The summed E-state index contributed by atoms with van der Waals surface area (Å²) in [5, 5.41) is 0. The predicted octanol–water partition coefficient (Wildman–Crippen LogP) is 5.59. The molecule has 0 heterocycles. The van der Waals surface area contributed by atoms with Crippen molar-refractivity contribution in [2.24, 2.45) is 0 Å². The number of allylic oxidation sites excluding steroid dienone is 2. The zero-order chi connectivity index (χ0) is 17.3. The first kappa shape index (κ1) is 17.3. The van der Waals surface area contributed by atoms with Crippen molar-refractivity contribution in [2.45, 2.75) is 41.4 Å². The Hall–Kier alpha value is -2.02. The highest BCUT2D eigenvalue weighted by molar-refractivity contribution is 6.80. The minimum absolute atomic E-state index is 0.301. The maximum absolute atomic E-state index is 4.25. The zero-order valence-corrected chi connectivity index (χ0v) is 15.4. The van der Waals surface area contributed by atoms with Crippen molar-refractivity contribution in [1.82, 2.24) is 0 Å². The van der Waals surface area contributed by atoms with Gasteiger partial charge in [-0.2, -0.15) is 0 Å². The quantitative estimate of drug-likeness (QED) is 0.510. The summed E-state index contributed by atoms with van der Waals surface area (Å²) in [4.78, 5) is 0. The first-order valence-corrected chi connectivity index (χ1v) is 8.27. The van der Waals surface area contributed by atoms with Crippen molar-refractivity contribution in [2.75, 3.05) is 0 Å². The normalized spacial score (nSPS) is 10.5. The van der Waals surface area contributed by atoms with Crippen molar-refractivity contribution in [3.05, 3.63) is 76.8 Å². The van der Waals surface area contributed by atoms with E-state index in [1.165, 1.54) is 38.8 Å². The molecule has 0 saturated carbocycles. The molecule has 0 nitrogen and oxygen atoms in total. The van der Waals surface area contributed by atoms with Crippen LogP contribution in [0.15, 0.2) is 54.5 Å². The van der Waals surface area contributed by atoms with Crippen LogP contribution in [0.4, 0.5) is 0 Å². The third kappa shape index (κ3) is 3.06. The minimum atomic E-state index is 0.301. The molecule has 0 aliphatic rings. The zero-order valence-electron chi connectivity index (χ0n) is 15.4. The number of hydrogen-bond acceptors (Lipinski definition) is 0. The van der Waals surface area contributed by atoms with Crippen molar-refractivity contribution in [1.29, 1.82) is 0 Å². The molecule has 0 aromatic heterocycles. The van der Waals surface area contributed by atoms with Gasteiger partial charge >= 0.3 is 0 Å². The van der Waals surface area contributed by atoms with Gasteiger partial charge < -0.3 is 0 Å². The molecule has 0 spiro atoms. The van der Waals surface area contributed by atoms with E-state index in [9.17, 15) is 0 Å². The van der Waals surface area contributed by atoms with Gasteiger partial charge in [-0.1, -0.05) is 71.4 Å². The highest BCUT2D eigenvalue weighted by atomic mass is 14.2. The highest BCUT2D eigenvalue weighted by Crippen LogP contribution is 2.31. The van der Waals surface area contributed by atoms with Crippen LogP contribution >= 0.6 is 0 Å². The molecule has 118 valence electrons. The molecule has 0 fully saturated rings. The van der Waals surface area contributed by atoms with E-state index < -0.39 is 0 Å². The van der Waals surface area contributed by atoms with E-state index in [0.29, 0.717) is 6.71 Å². The van der Waals surface area contributed by atoms with Gasteiger partial charge in [-0.25, -0.2) is 0 Å². The lowest BCUT2D eigenvalue weighted by molar-refractivity contribution is 1.27. The Labute approximate surface area is 142 Å². The number of hydrogen-bond donors (Lipinski definition) is 0. The molecule has 0 atom stereocenters. The number of rotatable bonds is 4. The molecule has 0 saturated heterocycles. The average molecular weight is 302 g/mol. The summed E-state index contributed by atoms with van der Waals surface area (Å²) in [7, 11) is 0. The third-order valence-corrected chi connectivity index (χ3v) is 5.25. The van der Waals surface area contributed by atoms with Gasteiger partial charge in [0.1, 0.15) is 0 Å². The SMILES string of the molecule is C=C(C)C(=C)B(C)c1c(C)c(C)c(-c2ccccc2)c(C)c1C. The molecular weight excluding hydrogens is 275 g/mol. The van der Waals surface area contributed by atoms with Gasteiger partial charge in [0.25, 0.3) is 0 Å². The molecular formula is C22H27B. The molecule has 2 aromatic carbocycles. The predicted molar refractivity (Wildman–Crippen MR) is 106 cm³/mol. The summed E-state index contributed by atoms with van der Waals surface area (Å²) in [5.41, 5.74) is 11.8. The third-order valence-electron chi connectivity index (χ3n) is 5.25. The standard InChI is InChI=1S/C22H27B/c1-14(2)19(7)23(8)22-17(5)15(3)21(16(4)18(22)6)20-12-10-9-11-13-20/h9-13H,1,7H2,2-6,8H3. The lowest BCUT2D eigenvalue weighted by atomic mass is 9.39. The van der Waals surface area contributed by atoms with E-state index in [4.69, 9.17) is 0 Å². The van der Waals surface area contributed by atoms with Gasteiger partial charge in [0.15, 0.2) is 0 Å². The van der Waals surface area contributed by atoms with Gasteiger partial charge in [-0.15, -0.1) is 6.58 Å². The molecule has 2 aromatic rings. The van der Waals surface area contributed by atoms with Crippen molar-refractivity contribution < 1.29 is 0 Å². The van der Waals surface area contributed by atoms with Gasteiger partial charge in [0.2, 0.25) is 6.71 Å². The van der Waals surface area contributed by atoms with Gasteiger partial charge in [0, 0.05) is 0 Å². The van der Waals surface area contributed by atoms with Crippen LogP contribution in [0.25, 0.3) is 11.1 Å². The fourth-order valence-corrected chi connectivity index (χ4v) is 3.57. The minimum Gasteiger partial charge on any atom is -0.104 e. The van der Waals surface area contributed by atoms with E-state index in [2.05, 4.69) is 78.0 Å². The first-order chi connectivity index (χ1) is 10.8. The fourth-order valence-electron chi connectivity index (χ4n) is 3.57. The number of benzene rings is 2. The Morgan fingerprint density at radius 1 is 0.826 bits per heavy atom.